The number of anilines is 1. The summed E-state index contributed by atoms with van der Waals surface area (Å²) in [7, 11) is 1.80. The molecule has 124 valence electrons. The first-order chi connectivity index (χ1) is 11.0. The number of carbonyl (C=O) groups excluding carboxylic acids is 1. The van der Waals surface area contributed by atoms with Crippen LogP contribution in [0, 0.1) is 6.92 Å². The highest BCUT2D eigenvalue weighted by Crippen LogP contribution is 2.14. The Bertz CT molecular complexity index is 731. The maximum Gasteiger partial charge on any atom is 0.295 e. The monoisotopic (exact) mass is 316 g/mol. The highest BCUT2D eigenvalue weighted by atomic mass is 16.2. The van der Waals surface area contributed by atoms with Crippen LogP contribution >= 0.6 is 0 Å². The van der Waals surface area contributed by atoms with Crippen LogP contribution in [0.25, 0.3) is 5.69 Å². The Morgan fingerprint density at radius 3 is 2.52 bits per heavy atom. The number of para-hydroxylation sites is 1. The lowest BCUT2D eigenvalue weighted by Gasteiger charge is -2.12. The predicted octanol–water partition coefficient (Wildman–Crippen LogP) is 1.81. The molecule has 1 aromatic carbocycles. The van der Waals surface area contributed by atoms with Crippen LogP contribution in [0.1, 0.15) is 26.0 Å². The predicted molar refractivity (Wildman–Crippen MR) is 92.1 cm³/mol. The quantitative estimate of drug-likeness (QED) is 0.854. The zero-order valence-electron chi connectivity index (χ0n) is 14.1. The number of hydrogen-bond donors (Lipinski definition) is 2. The van der Waals surface area contributed by atoms with Crippen molar-refractivity contribution in [1.82, 2.24) is 14.7 Å². The third kappa shape index (κ3) is 3.53. The molecule has 0 spiro atoms. The number of nitrogens with one attached hydrogen (secondary N) is 2. The van der Waals surface area contributed by atoms with E-state index < -0.39 is 0 Å². The fraction of sp³-hybridized carbons (Fsp3) is 0.412. The van der Waals surface area contributed by atoms with Crippen molar-refractivity contribution in [3.8, 4) is 5.69 Å². The van der Waals surface area contributed by atoms with Crippen molar-refractivity contribution in [3.05, 3.63) is 46.4 Å². The van der Waals surface area contributed by atoms with E-state index in [0.717, 1.165) is 24.3 Å². The molecule has 2 N–H and O–H groups in total. The molecule has 0 aliphatic rings. The summed E-state index contributed by atoms with van der Waals surface area (Å²) in [5.74, 6) is -0.204. The van der Waals surface area contributed by atoms with E-state index in [0.29, 0.717) is 5.69 Å². The zero-order chi connectivity index (χ0) is 17.0. The molecule has 2 aromatic rings. The lowest BCUT2D eigenvalue weighted by atomic mass is 10.3. The van der Waals surface area contributed by atoms with Crippen LogP contribution in [-0.4, -0.2) is 27.9 Å². The standard InChI is InChI=1S/C17H24N4O2/c1-5-11-18-12(2)16(22)19-15-13(3)20(4)21(17(15)23)14-9-7-6-8-10-14/h6-10,12,18H,5,11H2,1-4H3,(H,19,22). The highest BCUT2D eigenvalue weighted by Gasteiger charge is 2.20. The second kappa shape index (κ2) is 7.28. The SMILES string of the molecule is CCCNC(C)C(=O)Nc1c(C)n(C)n(-c2ccccc2)c1=O. The Hall–Kier alpha value is -2.34. The molecule has 0 saturated carbocycles. The van der Waals surface area contributed by atoms with Gasteiger partial charge < -0.3 is 10.6 Å². The van der Waals surface area contributed by atoms with Crippen LogP contribution in [0.5, 0.6) is 0 Å². The second-order valence-corrected chi connectivity index (χ2v) is 5.60. The molecule has 0 radical (unpaired) electrons. The van der Waals surface area contributed by atoms with Crippen molar-refractivity contribution in [2.24, 2.45) is 7.05 Å². The number of nitrogens with zero attached hydrogens (tertiary/aromatic N) is 2. The van der Waals surface area contributed by atoms with E-state index in [1.165, 1.54) is 0 Å². The third-order valence-electron chi connectivity index (χ3n) is 3.90. The van der Waals surface area contributed by atoms with Gasteiger partial charge in [0.25, 0.3) is 5.56 Å². The molecule has 1 amide bonds. The summed E-state index contributed by atoms with van der Waals surface area (Å²) >= 11 is 0. The summed E-state index contributed by atoms with van der Waals surface area (Å²) in [6.45, 7) is 6.41. The van der Waals surface area contributed by atoms with E-state index in [1.807, 2.05) is 44.2 Å². The van der Waals surface area contributed by atoms with Gasteiger partial charge in [0.15, 0.2) is 0 Å². The van der Waals surface area contributed by atoms with E-state index in [9.17, 15) is 9.59 Å². The van der Waals surface area contributed by atoms with Crippen LogP contribution in [0.2, 0.25) is 0 Å². The van der Waals surface area contributed by atoms with Gasteiger partial charge in [-0.15, -0.1) is 0 Å². The van der Waals surface area contributed by atoms with Crippen molar-refractivity contribution >= 4 is 11.6 Å². The fourth-order valence-electron chi connectivity index (χ4n) is 2.40. The van der Waals surface area contributed by atoms with Crippen molar-refractivity contribution < 1.29 is 4.79 Å². The molecule has 6 heteroatoms. The number of hydrogen-bond acceptors (Lipinski definition) is 3. The average molecular weight is 316 g/mol. The molecule has 2 rings (SSSR count). The Labute approximate surface area is 136 Å². The number of amides is 1. The normalized spacial score (nSPS) is 12.2. The number of carbonyl (C=O) groups is 1. The topological polar surface area (TPSA) is 68.1 Å². The van der Waals surface area contributed by atoms with Gasteiger partial charge in [-0.25, -0.2) is 4.68 Å². The van der Waals surface area contributed by atoms with Crippen LogP contribution in [0.15, 0.2) is 35.1 Å². The molecule has 1 aromatic heterocycles. The van der Waals surface area contributed by atoms with Gasteiger partial charge in [-0.2, -0.15) is 0 Å². The van der Waals surface area contributed by atoms with Gasteiger partial charge in [0.05, 0.1) is 17.4 Å². The van der Waals surface area contributed by atoms with E-state index in [1.54, 1.807) is 23.3 Å². The maximum absolute atomic E-state index is 12.7. The van der Waals surface area contributed by atoms with Crippen LogP contribution < -0.4 is 16.2 Å². The molecule has 0 fully saturated rings. The first-order valence-electron chi connectivity index (χ1n) is 7.85. The number of rotatable bonds is 6. The average Bonchev–Trinajstić information content (AvgIpc) is 2.77. The molecular weight excluding hydrogens is 292 g/mol. The maximum atomic E-state index is 12.7. The van der Waals surface area contributed by atoms with E-state index in [4.69, 9.17) is 0 Å². The van der Waals surface area contributed by atoms with Gasteiger partial charge in [0.1, 0.15) is 5.69 Å². The van der Waals surface area contributed by atoms with E-state index in [2.05, 4.69) is 10.6 Å². The number of aromatic nitrogens is 2. The Balaban J connectivity index is 2.31. The van der Waals surface area contributed by atoms with Gasteiger partial charge in [0, 0.05) is 7.05 Å². The van der Waals surface area contributed by atoms with Crippen LogP contribution in [0.4, 0.5) is 5.69 Å². The van der Waals surface area contributed by atoms with Crippen molar-refractivity contribution in [2.45, 2.75) is 33.2 Å². The Morgan fingerprint density at radius 1 is 1.26 bits per heavy atom. The minimum absolute atomic E-state index is 0.204. The van der Waals surface area contributed by atoms with E-state index in [-0.39, 0.29) is 17.5 Å². The van der Waals surface area contributed by atoms with Gasteiger partial charge >= 0.3 is 0 Å². The van der Waals surface area contributed by atoms with Crippen molar-refractivity contribution in [1.29, 1.82) is 0 Å². The first kappa shape index (κ1) is 17.0. The summed E-state index contributed by atoms with van der Waals surface area (Å²) in [5, 5.41) is 5.88. The molecule has 0 bridgehead atoms. The second-order valence-electron chi connectivity index (χ2n) is 5.60. The fourth-order valence-corrected chi connectivity index (χ4v) is 2.40. The van der Waals surface area contributed by atoms with Crippen molar-refractivity contribution in [2.75, 3.05) is 11.9 Å². The smallest absolute Gasteiger partial charge is 0.295 e. The lowest BCUT2D eigenvalue weighted by Crippen LogP contribution is -2.39. The summed E-state index contributed by atoms with van der Waals surface area (Å²) in [5.41, 5.74) is 1.58. The molecule has 0 aliphatic carbocycles. The number of benzene rings is 1. The van der Waals surface area contributed by atoms with Gasteiger partial charge in [0.2, 0.25) is 5.91 Å². The Morgan fingerprint density at radius 2 is 1.91 bits per heavy atom. The van der Waals surface area contributed by atoms with Crippen LogP contribution in [0.3, 0.4) is 0 Å². The summed E-state index contributed by atoms with van der Waals surface area (Å²) in [6, 6.07) is 9.02. The van der Waals surface area contributed by atoms with Gasteiger partial charge in [-0.1, -0.05) is 25.1 Å². The molecule has 6 nitrogen and oxygen atoms in total. The van der Waals surface area contributed by atoms with Crippen LogP contribution in [-0.2, 0) is 11.8 Å². The summed E-state index contributed by atoms with van der Waals surface area (Å²) in [6.07, 6.45) is 0.947. The molecule has 0 aliphatic heterocycles. The van der Waals surface area contributed by atoms with Gasteiger partial charge in [-0.05, 0) is 38.9 Å². The zero-order valence-corrected chi connectivity index (χ0v) is 14.1. The third-order valence-corrected chi connectivity index (χ3v) is 3.90. The molecule has 0 saturated heterocycles. The molecule has 1 unspecified atom stereocenters. The van der Waals surface area contributed by atoms with E-state index >= 15 is 0 Å². The summed E-state index contributed by atoms with van der Waals surface area (Å²) < 4.78 is 3.30. The molecule has 1 atom stereocenters. The molecular formula is C17H24N4O2. The van der Waals surface area contributed by atoms with Crippen molar-refractivity contribution in [3.63, 3.8) is 0 Å². The minimum Gasteiger partial charge on any atom is -0.319 e. The molecule has 1 heterocycles. The lowest BCUT2D eigenvalue weighted by molar-refractivity contribution is -0.117. The summed E-state index contributed by atoms with van der Waals surface area (Å²) in [4.78, 5) is 24.9. The minimum atomic E-state index is -0.348. The highest BCUT2D eigenvalue weighted by molar-refractivity contribution is 5.94. The first-order valence-corrected chi connectivity index (χ1v) is 7.85. The Kier molecular flexibility index (Phi) is 5.39. The molecule has 23 heavy (non-hydrogen) atoms. The largest absolute Gasteiger partial charge is 0.319 e. The van der Waals surface area contributed by atoms with Gasteiger partial charge in [-0.3, -0.25) is 14.3 Å².